The largest absolute Gasteiger partial charge is 0.259 e. The molecule has 3 rings (SSSR count). The molecule has 0 saturated carbocycles. The van der Waals surface area contributed by atoms with Gasteiger partial charge in [0.1, 0.15) is 6.67 Å². The summed E-state index contributed by atoms with van der Waals surface area (Å²) < 4.78 is 0. The van der Waals surface area contributed by atoms with Gasteiger partial charge in [0.25, 0.3) is 0 Å². The van der Waals surface area contributed by atoms with Crippen LogP contribution in [-0.2, 0) is 0 Å². The first-order valence-corrected chi connectivity index (χ1v) is 7.32. The SMILES string of the molecule is Cc1cccc(C)c1C1=NCN=C1c1c(C)cccc1C. The quantitative estimate of drug-likeness (QED) is 0.786. The molecule has 0 radical (unpaired) electrons. The van der Waals surface area contributed by atoms with Crippen LogP contribution >= 0.6 is 0 Å². The van der Waals surface area contributed by atoms with Crippen LogP contribution in [0.3, 0.4) is 0 Å². The predicted octanol–water partition coefficient (Wildman–Crippen LogP) is 4.17. The number of benzene rings is 2. The van der Waals surface area contributed by atoms with Crippen LogP contribution < -0.4 is 0 Å². The summed E-state index contributed by atoms with van der Waals surface area (Å²) in [6.07, 6.45) is 0. The van der Waals surface area contributed by atoms with Crippen LogP contribution in [0.25, 0.3) is 0 Å². The van der Waals surface area contributed by atoms with Gasteiger partial charge in [-0.25, -0.2) is 0 Å². The van der Waals surface area contributed by atoms with E-state index in [4.69, 9.17) is 0 Å². The Kier molecular flexibility index (Phi) is 3.46. The van der Waals surface area contributed by atoms with E-state index in [1.165, 1.54) is 33.4 Å². The molecule has 2 aromatic rings. The minimum Gasteiger partial charge on any atom is -0.259 e. The van der Waals surface area contributed by atoms with Gasteiger partial charge in [0.2, 0.25) is 0 Å². The maximum absolute atomic E-state index is 4.68. The van der Waals surface area contributed by atoms with E-state index in [9.17, 15) is 0 Å². The lowest BCUT2D eigenvalue weighted by molar-refractivity contribution is 1.10. The average molecular weight is 276 g/mol. The maximum atomic E-state index is 4.68. The molecule has 0 aliphatic carbocycles. The highest BCUT2D eigenvalue weighted by Gasteiger charge is 2.23. The highest BCUT2D eigenvalue weighted by Crippen LogP contribution is 2.24. The average Bonchev–Trinajstić information content (AvgIpc) is 2.87. The Hall–Kier alpha value is -2.22. The Morgan fingerprint density at radius 1 is 0.619 bits per heavy atom. The van der Waals surface area contributed by atoms with Crippen LogP contribution in [0, 0.1) is 27.7 Å². The second-order valence-electron chi connectivity index (χ2n) is 5.69. The van der Waals surface area contributed by atoms with Crippen LogP contribution in [0.1, 0.15) is 33.4 Å². The summed E-state index contributed by atoms with van der Waals surface area (Å²) in [4.78, 5) is 9.36. The van der Waals surface area contributed by atoms with Gasteiger partial charge in [-0.1, -0.05) is 36.4 Å². The standard InChI is InChI=1S/C19H20N2/c1-12-7-5-8-13(2)16(12)18-19(21-11-20-18)17-14(3)9-6-10-15(17)4/h5-10H,11H2,1-4H3. The highest BCUT2D eigenvalue weighted by molar-refractivity contribution is 6.55. The second-order valence-corrected chi connectivity index (χ2v) is 5.69. The Morgan fingerprint density at radius 3 is 1.29 bits per heavy atom. The minimum atomic E-state index is 0.534. The van der Waals surface area contributed by atoms with Crippen molar-refractivity contribution in [3.8, 4) is 0 Å². The fourth-order valence-electron chi connectivity index (χ4n) is 3.10. The van der Waals surface area contributed by atoms with Gasteiger partial charge >= 0.3 is 0 Å². The number of aryl methyl sites for hydroxylation is 4. The van der Waals surface area contributed by atoms with Crippen molar-refractivity contribution in [2.24, 2.45) is 9.98 Å². The molecule has 0 unspecified atom stereocenters. The van der Waals surface area contributed by atoms with Gasteiger partial charge in [-0.3, -0.25) is 9.98 Å². The van der Waals surface area contributed by atoms with Crippen LogP contribution in [0.2, 0.25) is 0 Å². The zero-order chi connectivity index (χ0) is 15.0. The lowest BCUT2D eigenvalue weighted by Gasteiger charge is -2.15. The van der Waals surface area contributed by atoms with Crippen molar-refractivity contribution in [1.29, 1.82) is 0 Å². The molecular weight excluding hydrogens is 256 g/mol. The molecule has 0 saturated heterocycles. The van der Waals surface area contributed by atoms with Gasteiger partial charge in [-0.2, -0.15) is 0 Å². The molecule has 2 nitrogen and oxygen atoms in total. The number of hydrogen-bond acceptors (Lipinski definition) is 2. The smallest absolute Gasteiger partial charge is 0.130 e. The molecule has 1 heterocycles. The summed E-state index contributed by atoms with van der Waals surface area (Å²) in [5, 5.41) is 0. The predicted molar refractivity (Wildman–Crippen MR) is 89.8 cm³/mol. The summed E-state index contributed by atoms with van der Waals surface area (Å²) in [7, 11) is 0. The zero-order valence-electron chi connectivity index (χ0n) is 13.1. The Bertz CT molecular complexity index is 661. The number of aliphatic imine (C=N–C) groups is 2. The lowest BCUT2D eigenvalue weighted by atomic mass is 9.89. The summed E-state index contributed by atoms with van der Waals surface area (Å²) in [5.41, 5.74) is 9.59. The molecular formula is C19H20N2. The van der Waals surface area contributed by atoms with Gasteiger partial charge in [-0.05, 0) is 49.9 Å². The Labute approximate surface area is 126 Å². The summed E-state index contributed by atoms with van der Waals surface area (Å²) in [6.45, 7) is 9.11. The van der Waals surface area contributed by atoms with Gasteiger partial charge in [0.05, 0.1) is 11.4 Å². The van der Waals surface area contributed by atoms with E-state index >= 15 is 0 Å². The van der Waals surface area contributed by atoms with Gasteiger partial charge < -0.3 is 0 Å². The van der Waals surface area contributed by atoms with Crippen molar-refractivity contribution in [1.82, 2.24) is 0 Å². The van der Waals surface area contributed by atoms with Crippen LogP contribution in [-0.4, -0.2) is 18.1 Å². The molecule has 2 heteroatoms. The molecule has 0 spiro atoms. The highest BCUT2D eigenvalue weighted by atomic mass is 15.0. The lowest BCUT2D eigenvalue weighted by Crippen LogP contribution is -2.18. The molecule has 106 valence electrons. The first-order chi connectivity index (χ1) is 10.1. The first-order valence-electron chi connectivity index (χ1n) is 7.32. The Morgan fingerprint density at radius 2 is 0.952 bits per heavy atom. The van der Waals surface area contributed by atoms with Crippen molar-refractivity contribution < 1.29 is 0 Å². The molecule has 0 bridgehead atoms. The van der Waals surface area contributed by atoms with E-state index in [1.54, 1.807) is 0 Å². The second kappa shape index (κ2) is 5.28. The van der Waals surface area contributed by atoms with Gasteiger partial charge in [0, 0.05) is 11.1 Å². The molecule has 21 heavy (non-hydrogen) atoms. The third-order valence-electron chi connectivity index (χ3n) is 4.12. The third-order valence-corrected chi connectivity index (χ3v) is 4.12. The zero-order valence-corrected chi connectivity index (χ0v) is 13.1. The van der Waals surface area contributed by atoms with E-state index in [0.29, 0.717) is 6.67 Å². The van der Waals surface area contributed by atoms with Crippen molar-refractivity contribution in [2.45, 2.75) is 27.7 Å². The number of nitrogens with zero attached hydrogens (tertiary/aromatic N) is 2. The fourth-order valence-corrected chi connectivity index (χ4v) is 3.10. The molecule has 1 aliphatic heterocycles. The Balaban J connectivity index is 2.17. The van der Waals surface area contributed by atoms with E-state index in [0.717, 1.165) is 11.4 Å². The van der Waals surface area contributed by atoms with E-state index in [2.05, 4.69) is 74.1 Å². The summed E-state index contributed by atoms with van der Waals surface area (Å²) >= 11 is 0. The van der Waals surface area contributed by atoms with Crippen LogP contribution in [0.4, 0.5) is 0 Å². The summed E-state index contributed by atoms with van der Waals surface area (Å²) in [5.74, 6) is 0. The van der Waals surface area contributed by atoms with E-state index in [1.807, 2.05) is 0 Å². The van der Waals surface area contributed by atoms with Crippen molar-refractivity contribution in [3.63, 3.8) is 0 Å². The molecule has 1 aliphatic rings. The summed E-state index contributed by atoms with van der Waals surface area (Å²) in [6, 6.07) is 12.8. The third kappa shape index (κ3) is 2.31. The number of rotatable bonds is 2. The molecule has 2 aromatic carbocycles. The van der Waals surface area contributed by atoms with Crippen LogP contribution in [0.5, 0.6) is 0 Å². The normalized spacial score (nSPS) is 14.1. The molecule has 0 N–H and O–H groups in total. The van der Waals surface area contributed by atoms with E-state index in [-0.39, 0.29) is 0 Å². The maximum Gasteiger partial charge on any atom is 0.130 e. The molecule has 0 amide bonds. The minimum absolute atomic E-state index is 0.534. The first kappa shape index (κ1) is 13.7. The van der Waals surface area contributed by atoms with Crippen LogP contribution in [0.15, 0.2) is 46.4 Å². The van der Waals surface area contributed by atoms with Crippen molar-refractivity contribution in [2.75, 3.05) is 6.67 Å². The van der Waals surface area contributed by atoms with Crippen molar-refractivity contribution >= 4 is 11.4 Å². The topological polar surface area (TPSA) is 24.7 Å². The van der Waals surface area contributed by atoms with Crippen molar-refractivity contribution in [3.05, 3.63) is 69.8 Å². The molecule has 0 aromatic heterocycles. The fraction of sp³-hybridized carbons (Fsp3) is 0.263. The molecule has 0 atom stereocenters. The molecule has 0 fully saturated rings. The van der Waals surface area contributed by atoms with Gasteiger partial charge in [-0.15, -0.1) is 0 Å². The van der Waals surface area contributed by atoms with Gasteiger partial charge in [0.15, 0.2) is 0 Å². The number of hydrogen-bond donors (Lipinski definition) is 0. The van der Waals surface area contributed by atoms with E-state index < -0.39 is 0 Å². The monoisotopic (exact) mass is 276 g/mol.